The van der Waals surface area contributed by atoms with Gasteiger partial charge >= 0.3 is 0 Å². The molecule has 9 heteroatoms. The van der Waals surface area contributed by atoms with Crippen molar-refractivity contribution in [1.82, 2.24) is 10.2 Å². The Balaban J connectivity index is 1.48. The molecule has 0 aliphatic carbocycles. The minimum absolute atomic E-state index is 0.0108. The first kappa shape index (κ1) is 21.8. The normalized spacial score (nSPS) is 14.9. The second-order valence-electron chi connectivity index (χ2n) is 7.39. The predicted octanol–water partition coefficient (Wildman–Crippen LogP) is 2.16. The van der Waals surface area contributed by atoms with Gasteiger partial charge in [0.1, 0.15) is 5.82 Å². The Hall–Kier alpha value is -2.94. The topological polar surface area (TPSA) is 95.6 Å². The number of sulfonamides is 1. The number of halogens is 1. The minimum Gasteiger partial charge on any atom is -0.353 e. The monoisotopic (exact) mass is 433 g/mol. The molecule has 7 nitrogen and oxygen atoms in total. The van der Waals surface area contributed by atoms with E-state index in [1.807, 2.05) is 0 Å². The van der Waals surface area contributed by atoms with Crippen LogP contribution >= 0.6 is 0 Å². The fourth-order valence-electron chi connectivity index (χ4n) is 3.37. The van der Waals surface area contributed by atoms with Crippen LogP contribution in [0.15, 0.2) is 48.5 Å². The SMILES string of the molecule is CS(=O)(=O)Nc1ccc(C(=O)N2CCC(NC(=O)Cc3ccc(F)cc3)CC2)cc1. The maximum Gasteiger partial charge on any atom is 0.253 e. The minimum atomic E-state index is -3.37. The molecule has 30 heavy (non-hydrogen) atoms. The Morgan fingerprint density at radius 3 is 2.20 bits per heavy atom. The van der Waals surface area contributed by atoms with Crippen LogP contribution in [0.3, 0.4) is 0 Å². The van der Waals surface area contributed by atoms with Gasteiger partial charge in [0.05, 0.1) is 12.7 Å². The number of rotatable bonds is 6. The number of carbonyl (C=O) groups excluding carboxylic acids is 2. The molecule has 0 atom stereocenters. The van der Waals surface area contributed by atoms with E-state index in [0.29, 0.717) is 37.2 Å². The van der Waals surface area contributed by atoms with Crippen molar-refractivity contribution in [2.45, 2.75) is 25.3 Å². The second kappa shape index (κ2) is 9.25. The highest BCUT2D eigenvalue weighted by Gasteiger charge is 2.24. The molecule has 1 saturated heterocycles. The molecule has 0 radical (unpaired) electrons. The van der Waals surface area contributed by atoms with Gasteiger partial charge in [-0.15, -0.1) is 0 Å². The fourth-order valence-corrected chi connectivity index (χ4v) is 3.94. The molecule has 3 rings (SSSR count). The van der Waals surface area contributed by atoms with E-state index >= 15 is 0 Å². The van der Waals surface area contributed by atoms with Crippen molar-refractivity contribution in [3.05, 3.63) is 65.5 Å². The molecule has 0 saturated carbocycles. The van der Waals surface area contributed by atoms with E-state index in [2.05, 4.69) is 10.0 Å². The zero-order valence-corrected chi connectivity index (χ0v) is 17.4. The zero-order chi connectivity index (χ0) is 21.7. The van der Waals surface area contributed by atoms with Gasteiger partial charge in [-0.25, -0.2) is 12.8 Å². The van der Waals surface area contributed by atoms with Crippen LogP contribution in [0.4, 0.5) is 10.1 Å². The van der Waals surface area contributed by atoms with Gasteiger partial charge in [-0.1, -0.05) is 12.1 Å². The van der Waals surface area contributed by atoms with E-state index in [4.69, 9.17) is 0 Å². The average molecular weight is 434 g/mol. The number of anilines is 1. The predicted molar refractivity (Wildman–Crippen MR) is 112 cm³/mol. The fraction of sp³-hybridized carbons (Fsp3) is 0.333. The molecule has 2 aromatic rings. The van der Waals surface area contributed by atoms with E-state index < -0.39 is 10.0 Å². The van der Waals surface area contributed by atoms with Crippen molar-refractivity contribution in [3.8, 4) is 0 Å². The number of likely N-dealkylation sites (tertiary alicyclic amines) is 1. The smallest absolute Gasteiger partial charge is 0.253 e. The lowest BCUT2D eigenvalue weighted by molar-refractivity contribution is -0.121. The number of benzene rings is 2. The Labute approximate surface area is 175 Å². The van der Waals surface area contributed by atoms with Crippen LogP contribution in [-0.4, -0.2) is 50.5 Å². The number of hydrogen-bond donors (Lipinski definition) is 2. The van der Waals surface area contributed by atoms with Crippen LogP contribution in [0.5, 0.6) is 0 Å². The lowest BCUT2D eigenvalue weighted by atomic mass is 10.0. The van der Waals surface area contributed by atoms with Gasteiger partial charge in [0.2, 0.25) is 15.9 Å². The van der Waals surface area contributed by atoms with Crippen molar-refractivity contribution in [3.63, 3.8) is 0 Å². The average Bonchev–Trinajstić information content (AvgIpc) is 2.69. The van der Waals surface area contributed by atoms with Crippen LogP contribution in [-0.2, 0) is 21.2 Å². The summed E-state index contributed by atoms with van der Waals surface area (Å²) in [4.78, 5) is 26.6. The van der Waals surface area contributed by atoms with Gasteiger partial charge < -0.3 is 10.2 Å². The van der Waals surface area contributed by atoms with E-state index in [1.54, 1.807) is 41.3 Å². The van der Waals surface area contributed by atoms with E-state index in [0.717, 1.165) is 11.8 Å². The standard InChI is InChI=1S/C21H24FN3O4S/c1-30(28,29)24-19-8-4-16(5-9-19)21(27)25-12-10-18(11-13-25)23-20(26)14-15-2-6-17(22)7-3-15/h2-9,18,24H,10-14H2,1H3,(H,23,26). The molecule has 0 unspecified atom stereocenters. The third-order valence-corrected chi connectivity index (χ3v) is 5.47. The number of hydrogen-bond acceptors (Lipinski definition) is 4. The first-order valence-corrected chi connectivity index (χ1v) is 11.5. The van der Waals surface area contributed by atoms with Gasteiger partial charge in [-0.05, 0) is 54.8 Å². The third-order valence-electron chi connectivity index (χ3n) is 4.86. The second-order valence-corrected chi connectivity index (χ2v) is 9.14. The highest BCUT2D eigenvalue weighted by molar-refractivity contribution is 7.92. The summed E-state index contributed by atoms with van der Waals surface area (Å²) in [5.74, 6) is -0.588. The Morgan fingerprint density at radius 2 is 1.63 bits per heavy atom. The maximum atomic E-state index is 12.9. The van der Waals surface area contributed by atoms with Crippen LogP contribution < -0.4 is 10.0 Å². The number of carbonyl (C=O) groups is 2. The first-order chi connectivity index (χ1) is 14.2. The molecule has 2 amide bonds. The van der Waals surface area contributed by atoms with Gasteiger partial charge in [-0.3, -0.25) is 14.3 Å². The summed E-state index contributed by atoms with van der Waals surface area (Å²) in [7, 11) is -3.37. The zero-order valence-electron chi connectivity index (χ0n) is 16.6. The highest BCUT2D eigenvalue weighted by Crippen LogP contribution is 2.17. The maximum absolute atomic E-state index is 12.9. The molecule has 160 valence electrons. The first-order valence-electron chi connectivity index (χ1n) is 9.60. The van der Waals surface area contributed by atoms with Crippen LogP contribution in [0, 0.1) is 5.82 Å². The van der Waals surface area contributed by atoms with Crippen molar-refractivity contribution in [1.29, 1.82) is 0 Å². The molecule has 2 N–H and O–H groups in total. The Bertz CT molecular complexity index is 1000. The van der Waals surface area contributed by atoms with Gasteiger partial charge in [0.25, 0.3) is 5.91 Å². The highest BCUT2D eigenvalue weighted by atomic mass is 32.2. The summed E-state index contributed by atoms with van der Waals surface area (Å²) in [6, 6.07) is 12.1. The number of piperidine rings is 1. The molecule has 1 fully saturated rings. The molecular formula is C21H24FN3O4S. The third kappa shape index (κ3) is 6.28. The van der Waals surface area contributed by atoms with Crippen LogP contribution in [0.1, 0.15) is 28.8 Å². The molecule has 0 bridgehead atoms. The summed E-state index contributed by atoms with van der Waals surface area (Å²) in [5, 5.41) is 2.97. The number of amides is 2. The van der Waals surface area contributed by atoms with Gasteiger partial charge in [-0.2, -0.15) is 0 Å². The van der Waals surface area contributed by atoms with Crippen molar-refractivity contribution >= 4 is 27.5 Å². The number of nitrogens with zero attached hydrogens (tertiary/aromatic N) is 1. The van der Waals surface area contributed by atoms with E-state index in [1.165, 1.54) is 12.1 Å². The molecule has 1 heterocycles. The Kier molecular flexibility index (Phi) is 6.71. The molecule has 0 spiro atoms. The summed E-state index contributed by atoms with van der Waals surface area (Å²) in [5.41, 5.74) is 1.62. The summed E-state index contributed by atoms with van der Waals surface area (Å²) in [6.07, 6.45) is 2.55. The largest absolute Gasteiger partial charge is 0.353 e. The van der Waals surface area contributed by atoms with E-state index in [-0.39, 0.29) is 30.1 Å². The quantitative estimate of drug-likeness (QED) is 0.730. The lowest BCUT2D eigenvalue weighted by Crippen LogP contribution is -2.46. The van der Waals surface area contributed by atoms with Crippen LogP contribution in [0.2, 0.25) is 0 Å². The number of nitrogens with one attached hydrogen (secondary N) is 2. The van der Waals surface area contributed by atoms with Crippen molar-refractivity contribution < 1.29 is 22.4 Å². The van der Waals surface area contributed by atoms with Gasteiger partial charge in [0.15, 0.2) is 0 Å². The summed E-state index contributed by atoms with van der Waals surface area (Å²) < 4.78 is 37.8. The van der Waals surface area contributed by atoms with Crippen molar-refractivity contribution in [2.24, 2.45) is 0 Å². The molecule has 1 aliphatic heterocycles. The molecule has 0 aromatic heterocycles. The molecule has 1 aliphatic rings. The van der Waals surface area contributed by atoms with Crippen LogP contribution in [0.25, 0.3) is 0 Å². The van der Waals surface area contributed by atoms with Gasteiger partial charge in [0, 0.05) is 30.4 Å². The Morgan fingerprint density at radius 1 is 1.03 bits per heavy atom. The summed E-state index contributed by atoms with van der Waals surface area (Å²) in [6.45, 7) is 1.04. The van der Waals surface area contributed by atoms with E-state index in [9.17, 15) is 22.4 Å². The molecular weight excluding hydrogens is 409 g/mol. The summed E-state index contributed by atoms with van der Waals surface area (Å²) >= 11 is 0. The molecule has 2 aromatic carbocycles. The van der Waals surface area contributed by atoms with Crippen molar-refractivity contribution in [2.75, 3.05) is 24.1 Å². The lowest BCUT2D eigenvalue weighted by Gasteiger charge is -2.32.